The van der Waals surface area contributed by atoms with Crippen molar-refractivity contribution in [3.8, 4) is 0 Å². The van der Waals surface area contributed by atoms with Crippen LogP contribution in [-0.4, -0.2) is 58.8 Å². The molecule has 0 radical (unpaired) electrons. The molecule has 0 unspecified atom stereocenters. The number of aliphatic hydroxyl groups is 3. The molecule has 0 aromatic heterocycles. The van der Waals surface area contributed by atoms with Crippen LogP contribution in [0.2, 0.25) is 0 Å². The summed E-state index contributed by atoms with van der Waals surface area (Å²) in [5.41, 5.74) is 0. The molecule has 0 spiro atoms. The quantitative estimate of drug-likeness (QED) is 0.0611. The van der Waals surface area contributed by atoms with E-state index in [0.29, 0.717) is 19.3 Å². The number of esters is 2. The molecule has 3 N–H and O–H groups in total. The van der Waals surface area contributed by atoms with Crippen LogP contribution in [0.15, 0.2) is 48.6 Å². The molecule has 0 bridgehead atoms. The van der Waals surface area contributed by atoms with Gasteiger partial charge < -0.3 is 24.8 Å². The molecule has 0 aliphatic rings. The van der Waals surface area contributed by atoms with Crippen LogP contribution in [0.4, 0.5) is 0 Å². The Bertz CT molecular complexity index is 726. The van der Waals surface area contributed by atoms with Crippen molar-refractivity contribution in [2.45, 2.75) is 135 Å². The van der Waals surface area contributed by atoms with Gasteiger partial charge in [0, 0.05) is 12.8 Å². The molecule has 7 heteroatoms. The van der Waals surface area contributed by atoms with E-state index in [1.54, 1.807) is 18.2 Å². The number of hydrogen-bond donors (Lipinski definition) is 3. The van der Waals surface area contributed by atoms with Gasteiger partial charge in [0.25, 0.3) is 0 Å². The van der Waals surface area contributed by atoms with Crippen LogP contribution >= 0.6 is 0 Å². The zero-order chi connectivity index (χ0) is 29.7. The minimum absolute atomic E-state index is 0.136. The van der Waals surface area contributed by atoms with Crippen LogP contribution in [0.1, 0.15) is 117 Å². The van der Waals surface area contributed by atoms with E-state index >= 15 is 0 Å². The Morgan fingerprint density at radius 3 is 1.60 bits per heavy atom. The highest BCUT2D eigenvalue weighted by atomic mass is 16.6. The number of rotatable bonds is 26. The molecule has 0 heterocycles. The van der Waals surface area contributed by atoms with Crippen molar-refractivity contribution in [1.82, 2.24) is 0 Å². The third-order valence-electron chi connectivity index (χ3n) is 6.28. The van der Waals surface area contributed by atoms with E-state index in [2.05, 4.69) is 13.8 Å². The Balaban J connectivity index is 3.80. The molecule has 7 nitrogen and oxygen atoms in total. The summed E-state index contributed by atoms with van der Waals surface area (Å²) in [6, 6.07) is 0. The van der Waals surface area contributed by atoms with E-state index < -0.39 is 18.2 Å². The molecule has 230 valence electrons. The van der Waals surface area contributed by atoms with Crippen molar-refractivity contribution in [2.24, 2.45) is 0 Å². The van der Waals surface area contributed by atoms with Crippen LogP contribution in [-0.2, 0) is 19.1 Å². The molecule has 0 saturated heterocycles. The topological polar surface area (TPSA) is 113 Å². The zero-order valence-electron chi connectivity index (χ0n) is 25.1. The van der Waals surface area contributed by atoms with Gasteiger partial charge in [-0.3, -0.25) is 9.59 Å². The molecular formula is C33H56O7. The molecule has 40 heavy (non-hydrogen) atoms. The largest absolute Gasteiger partial charge is 0.463 e. The Morgan fingerprint density at radius 2 is 1.05 bits per heavy atom. The number of carbonyl (C=O) groups is 2. The zero-order valence-corrected chi connectivity index (χ0v) is 25.1. The Hall–Kier alpha value is -2.22. The summed E-state index contributed by atoms with van der Waals surface area (Å²) >= 11 is 0. The molecule has 0 aliphatic heterocycles. The van der Waals surface area contributed by atoms with Gasteiger partial charge in [-0.1, -0.05) is 120 Å². The molecule has 0 fully saturated rings. The molecule has 0 aromatic carbocycles. The maximum atomic E-state index is 11.9. The fourth-order valence-corrected chi connectivity index (χ4v) is 3.83. The van der Waals surface area contributed by atoms with E-state index in [1.807, 2.05) is 30.4 Å². The van der Waals surface area contributed by atoms with Gasteiger partial charge in [0.15, 0.2) is 0 Å². The van der Waals surface area contributed by atoms with Gasteiger partial charge in [-0.25, -0.2) is 0 Å². The molecule has 3 atom stereocenters. The van der Waals surface area contributed by atoms with Crippen molar-refractivity contribution in [1.29, 1.82) is 0 Å². The number of aliphatic hydroxyl groups excluding tert-OH is 3. The molecular weight excluding hydrogens is 508 g/mol. The Labute approximate surface area is 243 Å². The first-order chi connectivity index (χ1) is 19.4. The van der Waals surface area contributed by atoms with Crippen LogP contribution in [0, 0.1) is 0 Å². The van der Waals surface area contributed by atoms with E-state index in [1.165, 1.54) is 25.7 Å². The van der Waals surface area contributed by atoms with E-state index in [-0.39, 0.29) is 31.7 Å². The average molecular weight is 565 g/mol. The summed E-state index contributed by atoms with van der Waals surface area (Å²) < 4.78 is 10.1. The van der Waals surface area contributed by atoms with Gasteiger partial charge in [0.05, 0.1) is 12.2 Å². The monoisotopic (exact) mass is 564 g/mol. The fourth-order valence-electron chi connectivity index (χ4n) is 3.83. The summed E-state index contributed by atoms with van der Waals surface area (Å²) in [7, 11) is 0. The second kappa shape index (κ2) is 28.3. The predicted molar refractivity (Wildman–Crippen MR) is 162 cm³/mol. The van der Waals surface area contributed by atoms with Gasteiger partial charge in [0.2, 0.25) is 0 Å². The fraction of sp³-hybridized carbons (Fsp3) is 0.697. The summed E-state index contributed by atoms with van der Waals surface area (Å²) in [5, 5.41) is 29.7. The smallest absolute Gasteiger partial charge is 0.305 e. The molecule has 0 aliphatic carbocycles. The lowest BCUT2D eigenvalue weighted by atomic mass is 10.1. The number of hydrogen-bond acceptors (Lipinski definition) is 7. The lowest BCUT2D eigenvalue weighted by molar-refractivity contribution is -0.152. The van der Waals surface area contributed by atoms with E-state index in [9.17, 15) is 24.9 Å². The summed E-state index contributed by atoms with van der Waals surface area (Å²) in [6.45, 7) is 3.92. The summed E-state index contributed by atoms with van der Waals surface area (Å²) in [5.74, 6) is -0.799. The van der Waals surface area contributed by atoms with Crippen molar-refractivity contribution in [2.75, 3.05) is 13.2 Å². The van der Waals surface area contributed by atoms with Crippen LogP contribution in [0.25, 0.3) is 0 Å². The first-order valence-corrected chi connectivity index (χ1v) is 15.4. The van der Waals surface area contributed by atoms with Crippen LogP contribution in [0.3, 0.4) is 0 Å². The molecule has 0 aromatic rings. The first-order valence-electron chi connectivity index (χ1n) is 15.4. The van der Waals surface area contributed by atoms with Crippen LogP contribution in [0.5, 0.6) is 0 Å². The second-order valence-electron chi connectivity index (χ2n) is 10.3. The third kappa shape index (κ3) is 27.4. The van der Waals surface area contributed by atoms with Crippen molar-refractivity contribution >= 4 is 11.9 Å². The number of allylic oxidation sites excluding steroid dienone is 6. The summed E-state index contributed by atoms with van der Waals surface area (Å²) in [4.78, 5) is 23.6. The highest BCUT2D eigenvalue weighted by Crippen LogP contribution is 2.09. The Morgan fingerprint density at radius 1 is 0.600 bits per heavy atom. The van der Waals surface area contributed by atoms with E-state index in [4.69, 9.17) is 9.47 Å². The third-order valence-corrected chi connectivity index (χ3v) is 6.28. The van der Waals surface area contributed by atoms with Crippen molar-refractivity contribution < 1.29 is 34.4 Å². The van der Waals surface area contributed by atoms with E-state index in [0.717, 1.165) is 51.4 Å². The average Bonchev–Trinajstić information content (AvgIpc) is 2.93. The minimum Gasteiger partial charge on any atom is -0.463 e. The second-order valence-corrected chi connectivity index (χ2v) is 10.3. The van der Waals surface area contributed by atoms with Gasteiger partial charge in [0.1, 0.15) is 19.3 Å². The maximum Gasteiger partial charge on any atom is 0.305 e. The lowest BCUT2D eigenvalue weighted by Gasteiger charge is -2.12. The van der Waals surface area contributed by atoms with Gasteiger partial charge in [-0.2, -0.15) is 0 Å². The van der Waals surface area contributed by atoms with Gasteiger partial charge >= 0.3 is 11.9 Å². The van der Waals surface area contributed by atoms with Crippen LogP contribution < -0.4 is 0 Å². The number of unbranched alkanes of at least 4 members (excludes halogenated alkanes) is 8. The van der Waals surface area contributed by atoms with Gasteiger partial charge in [-0.05, 0) is 32.1 Å². The van der Waals surface area contributed by atoms with Crippen molar-refractivity contribution in [3.05, 3.63) is 48.6 Å². The SMILES string of the molecule is CCCCCCCCCC(=O)OC[C@@H](O)COC(=O)CCC[C@@H](O)/C=C/C=C\C/C=C\C=C\[C@@H](O)CCCCC. The predicted octanol–water partition coefficient (Wildman–Crippen LogP) is 6.66. The first kappa shape index (κ1) is 37.8. The minimum atomic E-state index is -1.05. The standard InChI is InChI=1S/C33H56O7/c1-3-5-7-8-10-15-19-25-32(37)39-27-31(36)28-40-33(38)26-20-24-30(35)23-18-14-12-9-11-13-17-22-29(34)21-16-6-4-2/h11-14,17-18,22-23,29-31,34-36H,3-10,15-16,19-21,24-28H2,1-2H3/b13-11-,14-12-,22-17+,23-18+/t29-,30-,31+/m0/s1. The lowest BCUT2D eigenvalue weighted by Crippen LogP contribution is -2.25. The normalized spacial score (nSPS) is 14.4. The number of ether oxygens (including phenoxy) is 2. The summed E-state index contributed by atoms with van der Waals surface area (Å²) in [6.07, 6.45) is 26.8. The maximum absolute atomic E-state index is 11.9. The Kier molecular flexibility index (Phi) is 26.7. The number of carbonyl (C=O) groups excluding carboxylic acids is 2. The highest BCUT2D eigenvalue weighted by molar-refractivity contribution is 5.69. The molecule has 0 amide bonds. The van der Waals surface area contributed by atoms with Gasteiger partial charge in [-0.15, -0.1) is 0 Å². The highest BCUT2D eigenvalue weighted by Gasteiger charge is 2.12. The molecule has 0 saturated carbocycles. The van der Waals surface area contributed by atoms with Crippen molar-refractivity contribution in [3.63, 3.8) is 0 Å². The molecule has 0 rings (SSSR count).